The van der Waals surface area contributed by atoms with Gasteiger partial charge in [0.1, 0.15) is 0 Å². The van der Waals surface area contributed by atoms with Gasteiger partial charge >= 0.3 is 0 Å². The molecule has 3 rings (SSSR count). The zero-order valence-corrected chi connectivity index (χ0v) is 12.0. The predicted octanol–water partition coefficient (Wildman–Crippen LogP) is 2.57. The van der Waals surface area contributed by atoms with E-state index in [1.165, 1.54) is 11.3 Å². The first-order valence-electron chi connectivity index (χ1n) is 7.07. The zero-order valence-electron chi connectivity index (χ0n) is 12.0. The molecule has 2 aromatic rings. The van der Waals surface area contributed by atoms with Gasteiger partial charge in [0.25, 0.3) is 0 Å². The quantitative estimate of drug-likeness (QED) is 0.909. The Kier molecular flexibility index (Phi) is 3.40. The Morgan fingerprint density at radius 1 is 1.30 bits per heavy atom. The molecule has 1 aliphatic rings. The molecule has 0 amide bonds. The van der Waals surface area contributed by atoms with Crippen LogP contribution >= 0.6 is 0 Å². The van der Waals surface area contributed by atoms with Crippen LogP contribution in [0, 0.1) is 12.8 Å². The molecule has 0 aliphatic carbocycles. The van der Waals surface area contributed by atoms with Crippen molar-refractivity contribution < 1.29 is 0 Å². The van der Waals surface area contributed by atoms with Gasteiger partial charge in [-0.3, -0.25) is 0 Å². The summed E-state index contributed by atoms with van der Waals surface area (Å²) in [4.78, 5) is 11.4. The predicted molar refractivity (Wildman–Crippen MR) is 81.0 cm³/mol. The third-order valence-electron chi connectivity index (χ3n) is 3.69. The van der Waals surface area contributed by atoms with Gasteiger partial charge in [-0.1, -0.05) is 25.1 Å². The van der Waals surface area contributed by atoms with Crippen LogP contribution in [0.5, 0.6) is 0 Å². The number of aryl methyl sites for hydroxylation is 1. The van der Waals surface area contributed by atoms with Gasteiger partial charge in [0.15, 0.2) is 0 Å². The van der Waals surface area contributed by atoms with Crippen molar-refractivity contribution in [2.24, 2.45) is 11.7 Å². The Morgan fingerprint density at radius 2 is 2.10 bits per heavy atom. The summed E-state index contributed by atoms with van der Waals surface area (Å²) < 4.78 is 0. The Balaban J connectivity index is 2.08. The number of benzene rings is 1. The minimum atomic E-state index is 0.446. The highest BCUT2D eigenvalue weighted by Gasteiger charge is 2.24. The molecule has 0 radical (unpaired) electrons. The van der Waals surface area contributed by atoms with E-state index in [-0.39, 0.29) is 0 Å². The number of fused-ring (bicyclic) bond motifs is 1. The fourth-order valence-electron chi connectivity index (χ4n) is 2.83. The number of para-hydroxylation sites is 1. The Morgan fingerprint density at radius 3 is 2.90 bits per heavy atom. The van der Waals surface area contributed by atoms with Crippen LogP contribution in [0.2, 0.25) is 0 Å². The number of hydrogen-bond donors (Lipinski definition) is 1. The Hall–Kier alpha value is -1.94. The number of nitrogens with zero attached hydrogens (tertiary/aromatic N) is 3. The van der Waals surface area contributed by atoms with Crippen molar-refractivity contribution in [1.29, 1.82) is 0 Å². The molecular formula is C16H20N4. The van der Waals surface area contributed by atoms with E-state index in [1.807, 2.05) is 13.0 Å². The van der Waals surface area contributed by atoms with Crippen molar-refractivity contribution in [1.82, 2.24) is 9.97 Å². The monoisotopic (exact) mass is 268 g/mol. The van der Waals surface area contributed by atoms with Gasteiger partial charge in [-0.2, -0.15) is 0 Å². The molecule has 1 aromatic carbocycles. The van der Waals surface area contributed by atoms with Crippen LogP contribution in [0.1, 0.15) is 23.9 Å². The van der Waals surface area contributed by atoms with Gasteiger partial charge in [0.05, 0.1) is 5.69 Å². The van der Waals surface area contributed by atoms with Crippen LogP contribution in [-0.4, -0.2) is 16.5 Å². The SMILES string of the molecule is Cc1cc(CN)nc(N2CC(C)Cc3ccccc32)n1. The number of aromatic nitrogens is 2. The van der Waals surface area contributed by atoms with E-state index in [9.17, 15) is 0 Å². The lowest BCUT2D eigenvalue weighted by atomic mass is 9.94. The maximum absolute atomic E-state index is 5.73. The minimum Gasteiger partial charge on any atom is -0.325 e. The average Bonchev–Trinajstić information content (AvgIpc) is 2.45. The molecule has 1 atom stereocenters. The summed E-state index contributed by atoms with van der Waals surface area (Å²) in [5, 5.41) is 0. The van der Waals surface area contributed by atoms with Crippen molar-refractivity contribution in [3.8, 4) is 0 Å². The smallest absolute Gasteiger partial charge is 0.230 e. The van der Waals surface area contributed by atoms with Crippen LogP contribution in [0.15, 0.2) is 30.3 Å². The molecule has 1 aliphatic heterocycles. The minimum absolute atomic E-state index is 0.446. The molecule has 1 unspecified atom stereocenters. The van der Waals surface area contributed by atoms with Crippen LogP contribution in [-0.2, 0) is 13.0 Å². The largest absolute Gasteiger partial charge is 0.325 e. The van der Waals surface area contributed by atoms with Gasteiger partial charge in [0, 0.05) is 24.5 Å². The second-order valence-corrected chi connectivity index (χ2v) is 5.55. The Labute approximate surface area is 119 Å². The number of nitrogens with two attached hydrogens (primary N) is 1. The lowest BCUT2D eigenvalue weighted by molar-refractivity contribution is 0.556. The molecule has 0 bridgehead atoms. The van der Waals surface area contributed by atoms with Crippen molar-refractivity contribution in [2.75, 3.05) is 11.4 Å². The molecule has 20 heavy (non-hydrogen) atoms. The molecule has 4 nitrogen and oxygen atoms in total. The lowest BCUT2D eigenvalue weighted by Gasteiger charge is -2.33. The van der Waals surface area contributed by atoms with Crippen molar-refractivity contribution in [3.63, 3.8) is 0 Å². The summed E-state index contributed by atoms with van der Waals surface area (Å²) in [6.45, 7) is 5.65. The summed E-state index contributed by atoms with van der Waals surface area (Å²) in [6.07, 6.45) is 1.11. The van der Waals surface area contributed by atoms with Crippen LogP contribution in [0.4, 0.5) is 11.6 Å². The maximum atomic E-state index is 5.73. The van der Waals surface area contributed by atoms with Gasteiger partial charge in [-0.15, -0.1) is 0 Å². The Bertz CT molecular complexity index is 624. The fraction of sp³-hybridized carbons (Fsp3) is 0.375. The van der Waals surface area contributed by atoms with E-state index < -0.39 is 0 Å². The van der Waals surface area contributed by atoms with E-state index >= 15 is 0 Å². The highest BCUT2D eigenvalue weighted by Crippen LogP contribution is 2.33. The summed E-state index contributed by atoms with van der Waals surface area (Å²) >= 11 is 0. The lowest BCUT2D eigenvalue weighted by Crippen LogP contribution is -2.32. The average molecular weight is 268 g/mol. The van der Waals surface area contributed by atoms with Crippen molar-refractivity contribution in [3.05, 3.63) is 47.3 Å². The van der Waals surface area contributed by atoms with Gasteiger partial charge in [-0.25, -0.2) is 9.97 Å². The summed E-state index contributed by atoms with van der Waals surface area (Å²) in [5.41, 5.74) is 10.2. The zero-order chi connectivity index (χ0) is 14.1. The molecule has 0 saturated heterocycles. The van der Waals surface area contributed by atoms with E-state index in [2.05, 4.69) is 46.1 Å². The summed E-state index contributed by atoms with van der Waals surface area (Å²) in [6, 6.07) is 10.5. The molecule has 104 valence electrons. The van der Waals surface area contributed by atoms with Crippen LogP contribution < -0.4 is 10.6 Å². The molecular weight excluding hydrogens is 248 g/mol. The highest BCUT2D eigenvalue weighted by atomic mass is 15.3. The molecule has 0 saturated carbocycles. The number of rotatable bonds is 2. The highest BCUT2D eigenvalue weighted by molar-refractivity contribution is 5.63. The standard InChI is InChI=1S/C16H20N4/c1-11-7-13-5-3-4-6-15(13)20(10-11)16-18-12(2)8-14(9-17)19-16/h3-6,8,11H,7,9-10,17H2,1-2H3. The second kappa shape index (κ2) is 5.21. The van der Waals surface area contributed by atoms with E-state index in [0.717, 1.165) is 30.3 Å². The van der Waals surface area contributed by atoms with E-state index in [0.29, 0.717) is 12.5 Å². The number of hydrogen-bond acceptors (Lipinski definition) is 4. The van der Waals surface area contributed by atoms with Crippen LogP contribution in [0.25, 0.3) is 0 Å². The topological polar surface area (TPSA) is 55.0 Å². The second-order valence-electron chi connectivity index (χ2n) is 5.55. The van der Waals surface area contributed by atoms with Crippen molar-refractivity contribution in [2.45, 2.75) is 26.8 Å². The van der Waals surface area contributed by atoms with Gasteiger partial charge in [-0.05, 0) is 37.0 Å². The van der Waals surface area contributed by atoms with Crippen LogP contribution in [0.3, 0.4) is 0 Å². The molecule has 0 fully saturated rings. The number of anilines is 2. The van der Waals surface area contributed by atoms with E-state index in [4.69, 9.17) is 5.73 Å². The first-order chi connectivity index (χ1) is 9.67. The first kappa shape index (κ1) is 13.1. The summed E-state index contributed by atoms with van der Waals surface area (Å²) in [7, 11) is 0. The third kappa shape index (κ3) is 2.39. The third-order valence-corrected chi connectivity index (χ3v) is 3.69. The maximum Gasteiger partial charge on any atom is 0.230 e. The molecule has 0 spiro atoms. The normalized spacial score (nSPS) is 17.9. The van der Waals surface area contributed by atoms with Gasteiger partial charge < -0.3 is 10.6 Å². The van der Waals surface area contributed by atoms with Gasteiger partial charge in [0.2, 0.25) is 5.95 Å². The molecule has 2 N–H and O–H groups in total. The fourth-order valence-corrected chi connectivity index (χ4v) is 2.83. The molecule has 4 heteroatoms. The first-order valence-corrected chi connectivity index (χ1v) is 7.07. The molecule has 1 aromatic heterocycles. The van der Waals surface area contributed by atoms with Crippen molar-refractivity contribution >= 4 is 11.6 Å². The van der Waals surface area contributed by atoms with E-state index in [1.54, 1.807) is 0 Å². The molecule has 2 heterocycles. The summed E-state index contributed by atoms with van der Waals surface area (Å²) in [5.74, 6) is 1.36.